The molecular weight excluding hydrogens is 158 g/mol. The summed E-state index contributed by atoms with van der Waals surface area (Å²) in [5.41, 5.74) is 0. The molecule has 0 saturated heterocycles. The first kappa shape index (κ1) is 6.99. The van der Waals surface area contributed by atoms with Gasteiger partial charge in [-0.1, -0.05) is 11.6 Å². The molecule has 0 amide bonds. The van der Waals surface area contributed by atoms with Gasteiger partial charge >= 0.3 is 0 Å². The van der Waals surface area contributed by atoms with Crippen molar-refractivity contribution in [1.82, 2.24) is 4.98 Å². The van der Waals surface area contributed by atoms with Crippen molar-refractivity contribution in [2.75, 3.05) is 7.11 Å². The van der Waals surface area contributed by atoms with Crippen molar-refractivity contribution in [2.45, 2.75) is 6.61 Å². The highest BCUT2D eigenvalue weighted by molar-refractivity contribution is 7.15. The molecule has 4 heteroatoms. The fourth-order valence-corrected chi connectivity index (χ4v) is 1.44. The van der Waals surface area contributed by atoms with Gasteiger partial charge in [0.1, 0.15) is 0 Å². The number of hydrogen-bond donors (Lipinski definition) is 0. The third kappa shape index (κ3) is 1.93. The second-order valence-corrected chi connectivity index (χ2v) is 3.21. The Hall–Kier alpha value is -0.120. The Morgan fingerprint density at radius 1 is 1.89 bits per heavy atom. The second kappa shape index (κ2) is 3.15. The molecular formula is C5H6ClNOS. The van der Waals surface area contributed by atoms with Crippen LogP contribution < -0.4 is 0 Å². The monoisotopic (exact) mass is 163 g/mol. The molecule has 1 rings (SSSR count). The van der Waals surface area contributed by atoms with Gasteiger partial charge in [0.25, 0.3) is 0 Å². The van der Waals surface area contributed by atoms with Crippen LogP contribution in [0.2, 0.25) is 4.47 Å². The van der Waals surface area contributed by atoms with E-state index in [9.17, 15) is 0 Å². The van der Waals surface area contributed by atoms with Gasteiger partial charge in [-0.2, -0.15) is 0 Å². The predicted octanol–water partition coefficient (Wildman–Crippen LogP) is 1.94. The normalized spacial score (nSPS) is 10.0. The molecule has 0 unspecified atom stereocenters. The van der Waals surface area contributed by atoms with Crippen LogP contribution in [0.15, 0.2) is 6.20 Å². The summed E-state index contributed by atoms with van der Waals surface area (Å²) in [6, 6.07) is 0. The number of thiazole rings is 1. The smallest absolute Gasteiger partial charge is 0.183 e. The molecule has 0 aromatic carbocycles. The van der Waals surface area contributed by atoms with E-state index < -0.39 is 0 Å². The molecule has 0 aliphatic rings. The van der Waals surface area contributed by atoms with Crippen LogP contribution in [0.5, 0.6) is 0 Å². The van der Waals surface area contributed by atoms with Crippen LogP contribution in [0.3, 0.4) is 0 Å². The average Bonchev–Trinajstić information content (AvgIpc) is 2.17. The van der Waals surface area contributed by atoms with E-state index in [1.54, 1.807) is 13.3 Å². The number of halogens is 1. The highest BCUT2D eigenvalue weighted by Gasteiger charge is 1.96. The standard InChI is InChI=1S/C5H6ClNOS/c1-8-3-4-2-7-5(6)9-4/h2H,3H2,1H3. The molecule has 2 nitrogen and oxygen atoms in total. The molecule has 0 fully saturated rings. The Morgan fingerprint density at radius 2 is 2.67 bits per heavy atom. The van der Waals surface area contributed by atoms with Crippen LogP contribution in [0.4, 0.5) is 0 Å². The summed E-state index contributed by atoms with van der Waals surface area (Å²) in [4.78, 5) is 4.90. The molecule has 0 bridgehead atoms. The van der Waals surface area contributed by atoms with Crippen LogP contribution in [-0.4, -0.2) is 12.1 Å². The molecule has 1 heterocycles. The number of nitrogens with zero attached hydrogens (tertiary/aromatic N) is 1. The van der Waals surface area contributed by atoms with Gasteiger partial charge in [-0.3, -0.25) is 0 Å². The Kier molecular flexibility index (Phi) is 2.45. The fourth-order valence-electron chi connectivity index (χ4n) is 0.493. The van der Waals surface area contributed by atoms with Gasteiger partial charge in [-0.25, -0.2) is 4.98 Å². The van der Waals surface area contributed by atoms with Gasteiger partial charge in [-0.05, 0) is 0 Å². The van der Waals surface area contributed by atoms with E-state index in [1.165, 1.54) is 11.3 Å². The lowest BCUT2D eigenvalue weighted by molar-refractivity contribution is 0.187. The number of rotatable bonds is 2. The minimum absolute atomic E-state index is 0.571. The largest absolute Gasteiger partial charge is 0.379 e. The third-order valence-corrected chi connectivity index (χ3v) is 1.90. The maximum Gasteiger partial charge on any atom is 0.183 e. The van der Waals surface area contributed by atoms with Crippen molar-refractivity contribution in [3.63, 3.8) is 0 Å². The lowest BCUT2D eigenvalue weighted by Crippen LogP contribution is -1.79. The van der Waals surface area contributed by atoms with Crippen molar-refractivity contribution < 1.29 is 4.74 Å². The van der Waals surface area contributed by atoms with Crippen LogP contribution >= 0.6 is 22.9 Å². The maximum absolute atomic E-state index is 5.55. The Balaban J connectivity index is 2.61. The van der Waals surface area contributed by atoms with E-state index in [0.717, 1.165) is 4.88 Å². The van der Waals surface area contributed by atoms with Crippen molar-refractivity contribution in [2.24, 2.45) is 0 Å². The number of aromatic nitrogens is 1. The molecule has 1 aromatic heterocycles. The van der Waals surface area contributed by atoms with E-state index in [1.807, 2.05) is 0 Å². The van der Waals surface area contributed by atoms with E-state index in [-0.39, 0.29) is 0 Å². The van der Waals surface area contributed by atoms with Crippen molar-refractivity contribution in [1.29, 1.82) is 0 Å². The molecule has 0 aliphatic carbocycles. The summed E-state index contributed by atoms with van der Waals surface area (Å²) in [5.74, 6) is 0. The van der Waals surface area contributed by atoms with E-state index in [4.69, 9.17) is 16.3 Å². The second-order valence-electron chi connectivity index (χ2n) is 1.51. The topological polar surface area (TPSA) is 22.1 Å². The van der Waals surface area contributed by atoms with E-state index in [2.05, 4.69) is 4.98 Å². The van der Waals surface area contributed by atoms with E-state index in [0.29, 0.717) is 11.1 Å². The summed E-state index contributed by atoms with van der Waals surface area (Å²) < 4.78 is 5.42. The molecule has 0 spiro atoms. The maximum atomic E-state index is 5.55. The summed E-state index contributed by atoms with van der Waals surface area (Å²) >= 11 is 6.99. The molecule has 0 saturated carbocycles. The van der Waals surface area contributed by atoms with Crippen molar-refractivity contribution >= 4 is 22.9 Å². The van der Waals surface area contributed by atoms with E-state index >= 15 is 0 Å². The zero-order valence-corrected chi connectivity index (χ0v) is 6.50. The third-order valence-electron chi connectivity index (χ3n) is 0.812. The molecule has 0 radical (unpaired) electrons. The SMILES string of the molecule is COCc1cnc(Cl)s1. The zero-order valence-electron chi connectivity index (χ0n) is 4.93. The predicted molar refractivity (Wildman–Crippen MR) is 37.8 cm³/mol. The number of hydrogen-bond acceptors (Lipinski definition) is 3. The number of ether oxygens (including phenoxy) is 1. The minimum Gasteiger partial charge on any atom is -0.379 e. The van der Waals surface area contributed by atoms with Gasteiger partial charge < -0.3 is 4.74 Å². The molecule has 0 aliphatic heterocycles. The van der Waals surface area contributed by atoms with Gasteiger partial charge in [0.15, 0.2) is 4.47 Å². The molecule has 1 aromatic rings. The summed E-state index contributed by atoms with van der Waals surface area (Å²) in [6.07, 6.45) is 1.72. The van der Waals surface area contributed by atoms with Gasteiger partial charge in [-0.15, -0.1) is 11.3 Å². The lowest BCUT2D eigenvalue weighted by Gasteiger charge is -1.88. The van der Waals surface area contributed by atoms with Crippen molar-refractivity contribution in [3.05, 3.63) is 15.5 Å². The molecule has 50 valence electrons. The summed E-state index contributed by atoms with van der Waals surface area (Å²) in [7, 11) is 1.65. The first-order valence-electron chi connectivity index (χ1n) is 2.42. The first-order valence-corrected chi connectivity index (χ1v) is 3.61. The quantitative estimate of drug-likeness (QED) is 0.665. The Labute approximate surface area is 62.4 Å². The van der Waals surface area contributed by atoms with Crippen LogP contribution in [0.25, 0.3) is 0 Å². The first-order chi connectivity index (χ1) is 4.33. The van der Waals surface area contributed by atoms with Crippen molar-refractivity contribution in [3.8, 4) is 0 Å². The summed E-state index contributed by atoms with van der Waals surface area (Å²) in [6.45, 7) is 0.602. The van der Waals surface area contributed by atoms with Gasteiger partial charge in [0.2, 0.25) is 0 Å². The Morgan fingerprint density at radius 3 is 3.11 bits per heavy atom. The number of methoxy groups -OCH3 is 1. The molecule has 0 atom stereocenters. The van der Waals surface area contributed by atoms with Crippen LogP contribution in [-0.2, 0) is 11.3 Å². The summed E-state index contributed by atoms with van der Waals surface area (Å²) in [5, 5.41) is 0. The van der Waals surface area contributed by atoms with Crippen LogP contribution in [0, 0.1) is 0 Å². The molecule has 0 N–H and O–H groups in total. The van der Waals surface area contributed by atoms with Gasteiger partial charge in [0.05, 0.1) is 11.5 Å². The average molecular weight is 164 g/mol. The van der Waals surface area contributed by atoms with Crippen LogP contribution in [0.1, 0.15) is 4.88 Å². The molecule has 9 heavy (non-hydrogen) atoms. The lowest BCUT2D eigenvalue weighted by atomic mass is 10.6. The fraction of sp³-hybridized carbons (Fsp3) is 0.400. The van der Waals surface area contributed by atoms with Gasteiger partial charge in [0, 0.05) is 13.3 Å². The highest BCUT2D eigenvalue weighted by atomic mass is 35.5. The highest BCUT2D eigenvalue weighted by Crippen LogP contribution is 2.17. The minimum atomic E-state index is 0.571. The Bertz CT molecular complexity index is 189. The zero-order chi connectivity index (χ0) is 6.69.